The quantitative estimate of drug-likeness (QED) is 0.609. The predicted octanol–water partition coefficient (Wildman–Crippen LogP) is 3.22. The first-order valence-corrected chi connectivity index (χ1v) is 8.28. The van der Waals surface area contributed by atoms with E-state index in [0.29, 0.717) is 18.4 Å². The van der Waals surface area contributed by atoms with Crippen molar-refractivity contribution >= 4 is 33.7 Å². The molecule has 5 heteroatoms. The summed E-state index contributed by atoms with van der Waals surface area (Å²) in [6, 6.07) is 8.41. The number of esters is 1. The summed E-state index contributed by atoms with van der Waals surface area (Å²) in [7, 11) is 0. The van der Waals surface area contributed by atoms with Crippen LogP contribution in [0.4, 0.5) is 0 Å². The lowest BCUT2D eigenvalue weighted by Gasteiger charge is -2.16. The molecule has 1 aliphatic carbocycles. The van der Waals surface area contributed by atoms with Gasteiger partial charge in [-0.15, -0.1) is 11.8 Å². The van der Waals surface area contributed by atoms with Crippen LogP contribution in [0, 0.1) is 0 Å². The Bertz CT molecular complexity index is 420. The highest BCUT2D eigenvalue weighted by Gasteiger charge is 2.29. The van der Waals surface area contributed by atoms with E-state index in [4.69, 9.17) is 4.74 Å². The molecule has 1 atom stereocenters. The van der Waals surface area contributed by atoms with Crippen LogP contribution in [0.3, 0.4) is 0 Å². The fraction of sp³-hybridized carbons (Fsp3) is 0.500. The van der Waals surface area contributed by atoms with Gasteiger partial charge in [-0.05, 0) is 44.0 Å². The third-order valence-electron chi connectivity index (χ3n) is 2.82. The van der Waals surface area contributed by atoms with Crippen LogP contribution in [0.15, 0.2) is 33.6 Å². The van der Waals surface area contributed by atoms with Crippen LogP contribution in [0.25, 0.3) is 0 Å². The smallest absolute Gasteiger partial charge is 0.324 e. The number of benzene rings is 1. The molecule has 0 heterocycles. The zero-order valence-electron chi connectivity index (χ0n) is 10.9. The summed E-state index contributed by atoms with van der Waals surface area (Å²) in [5.74, 6) is 0.566. The van der Waals surface area contributed by atoms with Gasteiger partial charge in [0.2, 0.25) is 0 Å². The fourth-order valence-corrected chi connectivity index (χ4v) is 2.86. The highest BCUT2D eigenvalue weighted by atomic mass is 79.9. The average Bonchev–Trinajstić information content (AvgIpc) is 3.20. The minimum absolute atomic E-state index is 0.140. The Morgan fingerprint density at radius 3 is 2.74 bits per heavy atom. The summed E-state index contributed by atoms with van der Waals surface area (Å²) in [6.07, 6.45) is 2.33. The number of carbonyl (C=O) groups is 1. The third kappa shape index (κ3) is 5.16. The first-order chi connectivity index (χ1) is 9.19. The maximum Gasteiger partial charge on any atom is 0.324 e. The lowest BCUT2D eigenvalue weighted by atomic mass is 10.3. The Hall–Kier alpha value is -0.520. The van der Waals surface area contributed by atoms with Gasteiger partial charge >= 0.3 is 5.97 Å². The minimum Gasteiger partial charge on any atom is -0.465 e. The Kier molecular flexibility index (Phi) is 5.73. The Balaban J connectivity index is 1.87. The van der Waals surface area contributed by atoms with Gasteiger partial charge in [-0.25, -0.2) is 0 Å². The minimum atomic E-state index is -0.207. The second-order valence-corrected chi connectivity index (χ2v) is 6.52. The van der Waals surface area contributed by atoms with Crippen molar-refractivity contribution in [3.63, 3.8) is 0 Å². The zero-order valence-corrected chi connectivity index (χ0v) is 13.3. The van der Waals surface area contributed by atoms with Crippen molar-refractivity contribution < 1.29 is 9.53 Å². The summed E-state index contributed by atoms with van der Waals surface area (Å²) in [5, 5.41) is 3.35. The lowest BCUT2D eigenvalue weighted by molar-refractivity contribution is -0.145. The molecule has 1 saturated carbocycles. The van der Waals surface area contributed by atoms with Gasteiger partial charge < -0.3 is 10.1 Å². The number of rotatable bonds is 7. The van der Waals surface area contributed by atoms with Crippen molar-refractivity contribution in [1.82, 2.24) is 5.32 Å². The van der Waals surface area contributed by atoms with Crippen molar-refractivity contribution in [1.29, 1.82) is 0 Å². The van der Waals surface area contributed by atoms with Gasteiger partial charge in [-0.3, -0.25) is 4.79 Å². The summed E-state index contributed by atoms with van der Waals surface area (Å²) >= 11 is 5.09. The van der Waals surface area contributed by atoms with Crippen molar-refractivity contribution in [3.05, 3.63) is 28.7 Å². The van der Waals surface area contributed by atoms with Gasteiger partial charge in [0.25, 0.3) is 0 Å². The van der Waals surface area contributed by atoms with E-state index in [0.717, 1.165) is 9.37 Å². The number of nitrogens with one attached hydrogen (secondary N) is 1. The molecule has 1 aromatic carbocycles. The number of thioether (sulfide) groups is 1. The molecule has 1 fully saturated rings. The van der Waals surface area contributed by atoms with Crippen LogP contribution < -0.4 is 5.32 Å². The fourth-order valence-electron chi connectivity index (χ4n) is 1.67. The highest BCUT2D eigenvalue weighted by Crippen LogP contribution is 2.24. The first-order valence-electron chi connectivity index (χ1n) is 6.50. The number of halogens is 1. The monoisotopic (exact) mass is 343 g/mol. The molecular formula is C14H18BrNO2S. The summed E-state index contributed by atoms with van der Waals surface area (Å²) in [6.45, 7) is 2.28. The largest absolute Gasteiger partial charge is 0.465 e. The zero-order chi connectivity index (χ0) is 13.7. The summed E-state index contributed by atoms with van der Waals surface area (Å²) in [5.41, 5.74) is 0. The predicted molar refractivity (Wildman–Crippen MR) is 81.4 cm³/mol. The molecular weight excluding hydrogens is 326 g/mol. The van der Waals surface area contributed by atoms with Gasteiger partial charge in [0.05, 0.1) is 6.61 Å². The molecule has 0 amide bonds. The molecule has 0 aromatic heterocycles. The normalized spacial score (nSPS) is 16.1. The standard InChI is InChI=1S/C14H18BrNO2S/c1-2-18-14(17)13(16-11-5-6-11)9-19-12-7-3-10(15)4-8-12/h3-4,7-8,11,13,16H,2,5-6,9H2,1H3. The van der Waals surface area contributed by atoms with Crippen molar-refractivity contribution in [2.45, 2.75) is 36.7 Å². The maximum atomic E-state index is 11.9. The van der Waals surface area contributed by atoms with Gasteiger partial charge in [0, 0.05) is 21.2 Å². The Morgan fingerprint density at radius 2 is 2.16 bits per heavy atom. The SMILES string of the molecule is CCOC(=O)C(CSc1ccc(Br)cc1)NC1CC1. The average molecular weight is 344 g/mol. The van der Waals surface area contributed by atoms with Crippen LogP contribution in [-0.2, 0) is 9.53 Å². The molecule has 0 saturated heterocycles. The van der Waals surface area contributed by atoms with Crippen LogP contribution in [0.5, 0.6) is 0 Å². The van der Waals surface area contributed by atoms with E-state index in [1.807, 2.05) is 31.2 Å². The summed E-state index contributed by atoms with van der Waals surface area (Å²) in [4.78, 5) is 13.0. The molecule has 2 rings (SSSR count). The van der Waals surface area contributed by atoms with Gasteiger partial charge in [-0.2, -0.15) is 0 Å². The molecule has 104 valence electrons. The van der Waals surface area contributed by atoms with E-state index < -0.39 is 0 Å². The van der Waals surface area contributed by atoms with Crippen molar-refractivity contribution in [2.24, 2.45) is 0 Å². The highest BCUT2D eigenvalue weighted by molar-refractivity contribution is 9.10. The van der Waals surface area contributed by atoms with Crippen LogP contribution in [-0.4, -0.2) is 30.4 Å². The van der Waals surface area contributed by atoms with Crippen molar-refractivity contribution in [3.8, 4) is 0 Å². The van der Waals surface area contributed by atoms with E-state index in [1.165, 1.54) is 12.8 Å². The molecule has 0 radical (unpaired) electrons. The second-order valence-electron chi connectivity index (χ2n) is 4.51. The number of hydrogen-bond donors (Lipinski definition) is 1. The molecule has 0 aliphatic heterocycles. The number of carbonyl (C=O) groups excluding carboxylic acids is 1. The van der Waals surface area contributed by atoms with Crippen LogP contribution in [0.1, 0.15) is 19.8 Å². The van der Waals surface area contributed by atoms with Gasteiger partial charge in [0.15, 0.2) is 0 Å². The van der Waals surface area contributed by atoms with E-state index in [9.17, 15) is 4.79 Å². The maximum absolute atomic E-state index is 11.9. The number of hydrogen-bond acceptors (Lipinski definition) is 4. The lowest BCUT2D eigenvalue weighted by Crippen LogP contribution is -2.41. The van der Waals surface area contributed by atoms with Gasteiger partial charge in [-0.1, -0.05) is 15.9 Å². The number of ether oxygens (including phenoxy) is 1. The molecule has 0 spiro atoms. The van der Waals surface area contributed by atoms with E-state index >= 15 is 0 Å². The summed E-state index contributed by atoms with van der Waals surface area (Å²) < 4.78 is 6.18. The molecule has 1 aromatic rings. The van der Waals surface area contributed by atoms with E-state index in [1.54, 1.807) is 11.8 Å². The van der Waals surface area contributed by atoms with Crippen LogP contribution >= 0.6 is 27.7 Å². The molecule has 19 heavy (non-hydrogen) atoms. The molecule has 1 N–H and O–H groups in total. The van der Waals surface area contributed by atoms with Gasteiger partial charge in [0.1, 0.15) is 6.04 Å². The molecule has 0 bridgehead atoms. The topological polar surface area (TPSA) is 38.3 Å². The Morgan fingerprint density at radius 1 is 1.47 bits per heavy atom. The molecule has 3 nitrogen and oxygen atoms in total. The van der Waals surface area contributed by atoms with E-state index in [2.05, 4.69) is 21.2 Å². The second kappa shape index (κ2) is 7.31. The third-order valence-corrected chi connectivity index (χ3v) is 4.45. The van der Waals surface area contributed by atoms with Crippen LogP contribution in [0.2, 0.25) is 0 Å². The van der Waals surface area contributed by atoms with E-state index in [-0.39, 0.29) is 12.0 Å². The molecule has 1 unspecified atom stereocenters. The van der Waals surface area contributed by atoms with Crippen molar-refractivity contribution in [2.75, 3.05) is 12.4 Å². The molecule has 1 aliphatic rings. The first kappa shape index (κ1) is 14.9. The Labute approximate surface area is 126 Å².